The summed E-state index contributed by atoms with van der Waals surface area (Å²) in [7, 11) is 1.74. The summed E-state index contributed by atoms with van der Waals surface area (Å²) in [6, 6.07) is 7.15. The van der Waals surface area contributed by atoms with Crippen molar-refractivity contribution in [3.8, 4) is 0 Å². The van der Waals surface area contributed by atoms with Gasteiger partial charge in [0.15, 0.2) is 0 Å². The number of aryl methyl sites for hydroxylation is 1. The molecule has 2 rings (SSSR count). The highest BCUT2D eigenvalue weighted by Gasteiger charge is 2.16. The van der Waals surface area contributed by atoms with Gasteiger partial charge in [-0.1, -0.05) is 25.4 Å². The van der Waals surface area contributed by atoms with Crippen LogP contribution in [0.4, 0.5) is 0 Å². The molecular formula is C16H19ClN2O2. The Bertz CT molecular complexity index is 649. The van der Waals surface area contributed by atoms with Crippen LogP contribution in [0.15, 0.2) is 28.7 Å². The molecule has 2 aromatic heterocycles. The molecule has 0 unspecified atom stereocenters. The number of hydrogen-bond acceptors (Lipinski definition) is 3. The Balaban J connectivity index is 2.19. The van der Waals surface area contributed by atoms with Gasteiger partial charge in [0.1, 0.15) is 16.7 Å². The number of halogens is 1. The van der Waals surface area contributed by atoms with E-state index in [0.717, 1.165) is 17.2 Å². The first kappa shape index (κ1) is 15.6. The fraction of sp³-hybridized carbons (Fsp3) is 0.375. The van der Waals surface area contributed by atoms with E-state index in [1.807, 2.05) is 32.9 Å². The highest BCUT2D eigenvalue weighted by molar-refractivity contribution is 6.29. The molecule has 0 aliphatic heterocycles. The molecule has 5 heteroatoms. The number of hydrogen-bond donors (Lipinski definition) is 0. The van der Waals surface area contributed by atoms with Crippen LogP contribution in [-0.2, 0) is 6.54 Å². The Hall–Kier alpha value is -1.81. The molecule has 2 aromatic rings. The van der Waals surface area contributed by atoms with Crippen molar-refractivity contribution in [1.82, 2.24) is 9.88 Å². The second-order valence-electron chi connectivity index (χ2n) is 5.43. The van der Waals surface area contributed by atoms with E-state index in [9.17, 15) is 4.79 Å². The van der Waals surface area contributed by atoms with Crippen molar-refractivity contribution in [1.29, 1.82) is 0 Å². The van der Waals surface area contributed by atoms with Crippen LogP contribution in [0.1, 0.15) is 47.3 Å². The van der Waals surface area contributed by atoms with Crippen molar-refractivity contribution in [2.45, 2.75) is 33.2 Å². The molecule has 4 nitrogen and oxygen atoms in total. The van der Waals surface area contributed by atoms with Crippen molar-refractivity contribution in [3.63, 3.8) is 0 Å². The van der Waals surface area contributed by atoms with Crippen LogP contribution in [-0.4, -0.2) is 22.8 Å². The molecule has 2 heterocycles. The quantitative estimate of drug-likeness (QED) is 0.801. The van der Waals surface area contributed by atoms with Gasteiger partial charge in [-0.2, -0.15) is 0 Å². The fourth-order valence-corrected chi connectivity index (χ4v) is 2.25. The minimum Gasteiger partial charge on any atom is -0.464 e. The fourth-order valence-electron chi connectivity index (χ4n) is 2.03. The maximum absolute atomic E-state index is 12.5. The number of furan rings is 1. The van der Waals surface area contributed by atoms with Gasteiger partial charge >= 0.3 is 0 Å². The van der Waals surface area contributed by atoms with Gasteiger partial charge in [-0.3, -0.25) is 4.79 Å². The smallest absolute Gasteiger partial charge is 0.254 e. The van der Waals surface area contributed by atoms with Crippen molar-refractivity contribution in [3.05, 3.63) is 52.2 Å². The van der Waals surface area contributed by atoms with Crippen molar-refractivity contribution in [2.75, 3.05) is 7.05 Å². The minimum absolute atomic E-state index is 0.102. The molecule has 0 aromatic carbocycles. The normalized spacial score (nSPS) is 11.0. The highest BCUT2D eigenvalue weighted by Crippen LogP contribution is 2.19. The van der Waals surface area contributed by atoms with Crippen molar-refractivity contribution < 1.29 is 9.21 Å². The average Bonchev–Trinajstić information content (AvgIpc) is 2.82. The third-order valence-corrected chi connectivity index (χ3v) is 3.38. The molecule has 0 fully saturated rings. The monoisotopic (exact) mass is 306 g/mol. The van der Waals surface area contributed by atoms with Gasteiger partial charge in [-0.05, 0) is 37.1 Å². The molecule has 0 bridgehead atoms. The van der Waals surface area contributed by atoms with Crippen LogP contribution in [0.25, 0.3) is 0 Å². The predicted molar refractivity (Wildman–Crippen MR) is 82.6 cm³/mol. The zero-order chi connectivity index (χ0) is 15.6. The first-order valence-corrected chi connectivity index (χ1v) is 7.23. The van der Waals surface area contributed by atoms with E-state index in [4.69, 9.17) is 16.0 Å². The molecule has 112 valence electrons. The first-order valence-electron chi connectivity index (χ1n) is 6.85. The van der Waals surface area contributed by atoms with Gasteiger partial charge in [-0.25, -0.2) is 4.98 Å². The molecule has 0 saturated heterocycles. The van der Waals surface area contributed by atoms with Crippen LogP contribution >= 0.6 is 11.6 Å². The number of amides is 1. The lowest BCUT2D eigenvalue weighted by Gasteiger charge is -2.17. The molecule has 1 amide bonds. The van der Waals surface area contributed by atoms with Crippen molar-refractivity contribution in [2.24, 2.45) is 0 Å². The molecule has 0 N–H and O–H groups in total. The summed E-state index contributed by atoms with van der Waals surface area (Å²) in [6.07, 6.45) is 0. The lowest BCUT2D eigenvalue weighted by atomic mass is 10.1. The van der Waals surface area contributed by atoms with Gasteiger partial charge in [0.2, 0.25) is 0 Å². The summed E-state index contributed by atoms with van der Waals surface area (Å²) in [5, 5.41) is 0.340. The summed E-state index contributed by atoms with van der Waals surface area (Å²) < 4.78 is 5.49. The maximum Gasteiger partial charge on any atom is 0.254 e. The molecule has 21 heavy (non-hydrogen) atoms. The predicted octanol–water partition coefficient (Wildman–Crippen LogP) is 4.03. The average molecular weight is 307 g/mol. The topological polar surface area (TPSA) is 46.3 Å². The van der Waals surface area contributed by atoms with Gasteiger partial charge in [0.05, 0.1) is 6.54 Å². The van der Waals surface area contributed by atoms with Crippen LogP contribution in [0.2, 0.25) is 5.15 Å². The van der Waals surface area contributed by atoms with Gasteiger partial charge in [0.25, 0.3) is 5.91 Å². The van der Waals surface area contributed by atoms with E-state index in [2.05, 4.69) is 4.98 Å². The van der Waals surface area contributed by atoms with E-state index in [-0.39, 0.29) is 11.8 Å². The lowest BCUT2D eigenvalue weighted by Crippen LogP contribution is -2.26. The van der Waals surface area contributed by atoms with E-state index in [1.54, 1.807) is 24.1 Å². The lowest BCUT2D eigenvalue weighted by molar-refractivity contribution is 0.0774. The standard InChI is InChI=1S/C16H19ClN2O2/c1-10(2)14-7-12(8-15(17)18-14)16(20)19(4)9-13-6-5-11(3)21-13/h5-8,10H,9H2,1-4H3. The molecule has 0 radical (unpaired) electrons. The largest absolute Gasteiger partial charge is 0.464 e. The zero-order valence-electron chi connectivity index (χ0n) is 12.7. The van der Waals surface area contributed by atoms with Gasteiger partial charge < -0.3 is 9.32 Å². The van der Waals surface area contributed by atoms with E-state index in [0.29, 0.717) is 17.3 Å². The Morgan fingerprint density at radius 3 is 2.67 bits per heavy atom. The molecule has 0 aliphatic carbocycles. The number of carbonyl (C=O) groups excluding carboxylic acids is 1. The number of carbonyl (C=O) groups is 1. The summed E-state index contributed by atoms with van der Waals surface area (Å²) in [6.45, 7) is 6.33. The van der Waals surface area contributed by atoms with Crippen LogP contribution in [0, 0.1) is 6.92 Å². The van der Waals surface area contributed by atoms with E-state index >= 15 is 0 Å². The van der Waals surface area contributed by atoms with Crippen LogP contribution in [0.5, 0.6) is 0 Å². The molecule has 0 aliphatic rings. The third kappa shape index (κ3) is 3.85. The molecule has 0 atom stereocenters. The summed E-state index contributed by atoms with van der Waals surface area (Å²) in [4.78, 5) is 18.3. The SMILES string of the molecule is Cc1ccc(CN(C)C(=O)c2cc(Cl)nc(C(C)C)c2)o1. The first-order chi connectivity index (χ1) is 9.86. The van der Waals surface area contributed by atoms with Gasteiger partial charge in [-0.15, -0.1) is 0 Å². The Morgan fingerprint density at radius 1 is 1.38 bits per heavy atom. The van der Waals surface area contributed by atoms with E-state index < -0.39 is 0 Å². The zero-order valence-corrected chi connectivity index (χ0v) is 13.4. The minimum atomic E-state index is -0.102. The van der Waals surface area contributed by atoms with Crippen molar-refractivity contribution >= 4 is 17.5 Å². The summed E-state index contributed by atoms with van der Waals surface area (Å²) >= 11 is 6.01. The molecule has 0 spiro atoms. The van der Waals surface area contributed by atoms with Gasteiger partial charge in [0, 0.05) is 18.3 Å². The van der Waals surface area contributed by atoms with Crippen LogP contribution < -0.4 is 0 Å². The number of nitrogens with zero attached hydrogens (tertiary/aromatic N) is 2. The van der Waals surface area contributed by atoms with Crippen LogP contribution in [0.3, 0.4) is 0 Å². The summed E-state index contributed by atoms with van der Waals surface area (Å²) in [5.74, 6) is 1.70. The summed E-state index contributed by atoms with van der Waals surface area (Å²) in [5.41, 5.74) is 1.36. The van der Waals surface area contributed by atoms with E-state index in [1.165, 1.54) is 0 Å². The second kappa shape index (κ2) is 6.31. The maximum atomic E-state index is 12.5. The second-order valence-corrected chi connectivity index (χ2v) is 5.82. The third-order valence-electron chi connectivity index (χ3n) is 3.19. The number of aromatic nitrogens is 1. The Kier molecular flexibility index (Phi) is 4.68. The highest BCUT2D eigenvalue weighted by atomic mass is 35.5. The number of rotatable bonds is 4. The molecule has 0 saturated carbocycles. The Labute approximate surface area is 129 Å². The number of pyridine rings is 1. The Morgan fingerprint density at radius 2 is 2.10 bits per heavy atom. The molecular weight excluding hydrogens is 288 g/mol.